The van der Waals surface area contributed by atoms with Gasteiger partial charge in [-0.2, -0.15) is 5.10 Å². The van der Waals surface area contributed by atoms with Crippen LogP contribution in [0.2, 0.25) is 0 Å². The van der Waals surface area contributed by atoms with Crippen LogP contribution in [0.5, 0.6) is 0 Å². The Kier molecular flexibility index (Phi) is 5.57. The molecule has 0 saturated carbocycles. The van der Waals surface area contributed by atoms with Crippen molar-refractivity contribution >= 4 is 0 Å². The average Bonchev–Trinajstić information content (AvgIpc) is 3.27. The first kappa shape index (κ1) is 18.9. The highest BCUT2D eigenvalue weighted by molar-refractivity contribution is 5.65. The van der Waals surface area contributed by atoms with E-state index in [0.29, 0.717) is 0 Å². The molecule has 1 aromatic carbocycles. The fraction of sp³-hybridized carbons (Fsp3) is 0.455. The Morgan fingerprint density at radius 3 is 2.50 bits per heavy atom. The molecule has 0 N–H and O–H groups in total. The smallest absolute Gasteiger partial charge is 0.123 e. The lowest BCUT2D eigenvalue weighted by Crippen LogP contribution is -2.31. The van der Waals surface area contributed by atoms with Crippen LogP contribution in [0.3, 0.4) is 0 Å². The van der Waals surface area contributed by atoms with Crippen molar-refractivity contribution in [2.75, 3.05) is 19.6 Å². The number of halogens is 1. The van der Waals surface area contributed by atoms with Crippen LogP contribution in [0.15, 0.2) is 36.8 Å². The van der Waals surface area contributed by atoms with E-state index >= 15 is 0 Å². The molecule has 0 spiro atoms. The predicted molar refractivity (Wildman–Crippen MR) is 109 cm³/mol. The van der Waals surface area contributed by atoms with Gasteiger partial charge in [-0.1, -0.05) is 6.42 Å². The molecule has 0 amide bonds. The van der Waals surface area contributed by atoms with Crippen molar-refractivity contribution < 1.29 is 4.39 Å². The molecule has 0 radical (unpaired) electrons. The topological polar surface area (TPSA) is 38.9 Å². The minimum absolute atomic E-state index is 0.239. The third kappa shape index (κ3) is 3.87. The molecule has 0 atom stereocenters. The van der Waals surface area contributed by atoms with Crippen LogP contribution in [0, 0.1) is 19.7 Å². The first-order valence-electron chi connectivity index (χ1n) is 10.2. The number of aromatic nitrogens is 4. The fourth-order valence-corrected chi connectivity index (χ4v) is 4.20. The van der Waals surface area contributed by atoms with Gasteiger partial charge in [0.2, 0.25) is 0 Å². The highest BCUT2D eigenvalue weighted by Gasteiger charge is 2.18. The van der Waals surface area contributed by atoms with Gasteiger partial charge in [-0.15, -0.1) is 0 Å². The van der Waals surface area contributed by atoms with E-state index in [1.54, 1.807) is 12.1 Å². The molecule has 2 aromatic heterocycles. The first-order chi connectivity index (χ1) is 13.6. The van der Waals surface area contributed by atoms with Gasteiger partial charge < -0.3 is 9.47 Å². The highest BCUT2D eigenvalue weighted by Crippen LogP contribution is 2.29. The van der Waals surface area contributed by atoms with Crippen LogP contribution in [-0.2, 0) is 6.54 Å². The molecule has 3 aromatic rings. The first-order valence-corrected chi connectivity index (χ1v) is 10.2. The van der Waals surface area contributed by atoms with Crippen molar-refractivity contribution in [1.29, 1.82) is 0 Å². The Hall–Kier alpha value is -2.47. The molecular weight excluding hydrogens is 353 g/mol. The van der Waals surface area contributed by atoms with E-state index in [4.69, 9.17) is 5.10 Å². The number of rotatable bonds is 6. The van der Waals surface area contributed by atoms with Crippen molar-refractivity contribution in [2.24, 2.45) is 0 Å². The second-order valence-electron chi connectivity index (χ2n) is 7.66. The Morgan fingerprint density at radius 1 is 1.00 bits per heavy atom. The minimum Gasteiger partial charge on any atom is -0.330 e. The molecule has 4 rings (SSSR count). The zero-order chi connectivity index (χ0) is 19.5. The number of benzene rings is 1. The van der Waals surface area contributed by atoms with E-state index in [0.717, 1.165) is 47.8 Å². The number of hydrogen-bond acceptors (Lipinski definition) is 3. The van der Waals surface area contributed by atoms with E-state index in [-0.39, 0.29) is 5.82 Å². The summed E-state index contributed by atoms with van der Waals surface area (Å²) in [5.74, 6) is -0.239. The molecule has 3 heterocycles. The quantitative estimate of drug-likeness (QED) is 0.636. The van der Waals surface area contributed by atoms with Gasteiger partial charge in [-0.3, -0.25) is 0 Å². The second-order valence-corrected chi connectivity index (χ2v) is 7.66. The molecule has 0 bridgehead atoms. The van der Waals surface area contributed by atoms with Gasteiger partial charge in [0.05, 0.1) is 35.3 Å². The zero-order valence-corrected chi connectivity index (χ0v) is 16.7. The summed E-state index contributed by atoms with van der Waals surface area (Å²) in [4.78, 5) is 6.98. The van der Waals surface area contributed by atoms with Gasteiger partial charge in [0, 0.05) is 12.1 Å². The van der Waals surface area contributed by atoms with Crippen molar-refractivity contribution in [1.82, 2.24) is 24.2 Å². The van der Waals surface area contributed by atoms with E-state index in [9.17, 15) is 4.39 Å². The van der Waals surface area contributed by atoms with Crippen LogP contribution in [0.25, 0.3) is 16.9 Å². The minimum atomic E-state index is -0.239. The van der Waals surface area contributed by atoms with E-state index in [2.05, 4.69) is 21.4 Å². The van der Waals surface area contributed by atoms with Gasteiger partial charge in [0.1, 0.15) is 5.82 Å². The van der Waals surface area contributed by atoms with Crippen molar-refractivity contribution in [2.45, 2.75) is 46.1 Å². The number of likely N-dealkylation sites (tertiary alicyclic amines) is 1. The Morgan fingerprint density at radius 2 is 1.75 bits per heavy atom. The van der Waals surface area contributed by atoms with E-state index in [1.165, 1.54) is 44.5 Å². The summed E-state index contributed by atoms with van der Waals surface area (Å²) in [7, 11) is 0. The summed E-state index contributed by atoms with van der Waals surface area (Å²) in [6.07, 6.45) is 8.99. The molecule has 148 valence electrons. The second kappa shape index (κ2) is 8.27. The summed E-state index contributed by atoms with van der Waals surface area (Å²) in [5.41, 5.74) is 5.08. The van der Waals surface area contributed by atoms with Crippen molar-refractivity contribution in [3.8, 4) is 16.9 Å². The van der Waals surface area contributed by atoms with Crippen LogP contribution in [0.1, 0.15) is 37.1 Å². The predicted octanol–water partition coefficient (Wildman–Crippen LogP) is 4.37. The molecule has 28 heavy (non-hydrogen) atoms. The monoisotopic (exact) mass is 381 g/mol. The third-order valence-electron chi connectivity index (χ3n) is 5.65. The molecule has 1 aliphatic rings. The van der Waals surface area contributed by atoms with Gasteiger partial charge >= 0.3 is 0 Å². The van der Waals surface area contributed by atoms with E-state index in [1.807, 2.05) is 24.1 Å². The van der Waals surface area contributed by atoms with Crippen LogP contribution in [-0.4, -0.2) is 43.9 Å². The number of aryl methyl sites for hydroxylation is 2. The maximum atomic E-state index is 13.3. The zero-order valence-electron chi connectivity index (χ0n) is 16.7. The average molecular weight is 381 g/mol. The normalized spacial score (nSPS) is 15.2. The molecule has 0 unspecified atom stereocenters. The summed E-state index contributed by atoms with van der Waals surface area (Å²) >= 11 is 0. The molecule has 5 nitrogen and oxygen atoms in total. The summed E-state index contributed by atoms with van der Waals surface area (Å²) < 4.78 is 17.4. The summed E-state index contributed by atoms with van der Waals surface area (Å²) in [5, 5.41) is 4.71. The Labute approximate surface area is 165 Å². The Bertz CT molecular complexity index is 919. The van der Waals surface area contributed by atoms with Gasteiger partial charge in [-0.25, -0.2) is 14.1 Å². The van der Waals surface area contributed by atoms with Crippen molar-refractivity contribution in [3.05, 3.63) is 54.0 Å². The molecule has 1 saturated heterocycles. The summed E-state index contributed by atoms with van der Waals surface area (Å²) in [6.45, 7) is 8.65. The SMILES string of the molecule is Cc1nn(-c2ccc(F)cc2)c(C)c1-c1cncn1CCCN1CCCCC1. The lowest BCUT2D eigenvalue weighted by Gasteiger charge is -2.26. The number of imidazole rings is 1. The largest absolute Gasteiger partial charge is 0.330 e. The standard InChI is InChI=1S/C22H28FN5/c1-17-22(18(2)28(25-17)20-9-7-19(23)8-10-20)21-15-24-16-27(21)14-6-13-26-11-4-3-5-12-26/h7-10,15-16H,3-6,11-14H2,1-2H3. The molecule has 6 heteroatoms. The summed E-state index contributed by atoms with van der Waals surface area (Å²) in [6, 6.07) is 6.45. The van der Waals surface area contributed by atoms with E-state index < -0.39 is 0 Å². The van der Waals surface area contributed by atoms with Crippen LogP contribution < -0.4 is 0 Å². The maximum Gasteiger partial charge on any atom is 0.123 e. The lowest BCUT2D eigenvalue weighted by atomic mass is 10.1. The molecular formula is C22H28FN5. The van der Waals surface area contributed by atoms with Crippen LogP contribution in [0.4, 0.5) is 4.39 Å². The molecule has 1 aliphatic heterocycles. The lowest BCUT2D eigenvalue weighted by molar-refractivity contribution is 0.223. The molecule has 1 fully saturated rings. The van der Waals surface area contributed by atoms with Gasteiger partial charge in [0.15, 0.2) is 0 Å². The molecule has 0 aliphatic carbocycles. The third-order valence-corrected chi connectivity index (χ3v) is 5.65. The van der Waals surface area contributed by atoms with Crippen LogP contribution >= 0.6 is 0 Å². The Balaban J connectivity index is 1.53. The number of nitrogens with zero attached hydrogens (tertiary/aromatic N) is 5. The highest BCUT2D eigenvalue weighted by atomic mass is 19.1. The fourth-order valence-electron chi connectivity index (χ4n) is 4.20. The number of piperidine rings is 1. The maximum absolute atomic E-state index is 13.3. The van der Waals surface area contributed by atoms with Gasteiger partial charge in [0.25, 0.3) is 0 Å². The number of hydrogen-bond donors (Lipinski definition) is 0. The van der Waals surface area contributed by atoms with Crippen molar-refractivity contribution in [3.63, 3.8) is 0 Å². The van der Waals surface area contributed by atoms with Gasteiger partial charge in [-0.05, 0) is 77.0 Å².